The van der Waals surface area contributed by atoms with Gasteiger partial charge in [-0.3, -0.25) is 0 Å². The fraction of sp³-hybridized carbons (Fsp3) is 0.692. The zero-order valence-corrected chi connectivity index (χ0v) is 10.8. The van der Waals surface area contributed by atoms with Gasteiger partial charge >= 0.3 is 0 Å². The lowest BCUT2D eigenvalue weighted by atomic mass is 10.2. The SMILES string of the molecule is CCCCCN(C)c1cc(N)nc(C2CC2)n1. The monoisotopic (exact) mass is 234 g/mol. The first-order valence-corrected chi connectivity index (χ1v) is 6.56. The van der Waals surface area contributed by atoms with E-state index in [-0.39, 0.29) is 0 Å². The molecule has 1 aliphatic rings. The largest absolute Gasteiger partial charge is 0.384 e. The van der Waals surface area contributed by atoms with Crippen molar-refractivity contribution >= 4 is 11.6 Å². The summed E-state index contributed by atoms with van der Waals surface area (Å²) in [6.45, 7) is 3.25. The van der Waals surface area contributed by atoms with Gasteiger partial charge in [0.1, 0.15) is 17.5 Å². The Morgan fingerprint density at radius 1 is 1.35 bits per heavy atom. The van der Waals surface area contributed by atoms with Crippen LogP contribution >= 0.6 is 0 Å². The van der Waals surface area contributed by atoms with Crippen LogP contribution in [0.4, 0.5) is 11.6 Å². The van der Waals surface area contributed by atoms with Gasteiger partial charge in [-0.25, -0.2) is 9.97 Å². The molecule has 0 radical (unpaired) electrons. The van der Waals surface area contributed by atoms with Crippen LogP contribution in [0.3, 0.4) is 0 Å². The van der Waals surface area contributed by atoms with Crippen LogP contribution in [0.5, 0.6) is 0 Å². The Morgan fingerprint density at radius 2 is 2.12 bits per heavy atom. The normalized spacial score (nSPS) is 14.9. The molecule has 0 aliphatic heterocycles. The van der Waals surface area contributed by atoms with E-state index in [1.165, 1.54) is 32.1 Å². The fourth-order valence-corrected chi connectivity index (χ4v) is 1.90. The molecule has 0 aromatic carbocycles. The van der Waals surface area contributed by atoms with Crippen LogP contribution in [0.2, 0.25) is 0 Å². The van der Waals surface area contributed by atoms with Gasteiger partial charge < -0.3 is 10.6 Å². The van der Waals surface area contributed by atoms with Crippen LogP contribution in [-0.4, -0.2) is 23.6 Å². The number of hydrogen-bond donors (Lipinski definition) is 1. The second-order valence-corrected chi connectivity index (χ2v) is 4.91. The smallest absolute Gasteiger partial charge is 0.136 e. The van der Waals surface area contributed by atoms with Crippen molar-refractivity contribution < 1.29 is 0 Å². The number of nitrogen functional groups attached to an aromatic ring is 1. The zero-order chi connectivity index (χ0) is 12.3. The maximum absolute atomic E-state index is 5.84. The number of anilines is 2. The van der Waals surface area contributed by atoms with E-state index >= 15 is 0 Å². The Kier molecular flexibility index (Phi) is 3.82. The quantitative estimate of drug-likeness (QED) is 0.769. The number of unbranched alkanes of at least 4 members (excludes halogenated alkanes) is 2. The Balaban J connectivity index is 2.03. The third-order valence-corrected chi connectivity index (χ3v) is 3.18. The molecule has 1 aromatic heterocycles. The summed E-state index contributed by atoms with van der Waals surface area (Å²) in [6, 6.07) is 1.87. The van der Waals surface area contributed by atoms with Crippen molar-refractivity contribution in [1.82, 2.24) is 9.97 Å². The molecule has 0 spiro atoms. The molecule has 17 heavy (non-hydrogen) atoms. The Morgan fingerprint density at radius 3 is 2.76 bits per heavy atom. The van der Waals surface area contributed by atoms with Crippen LogP contribution in [-0.2, 0) is 0 Å². The van der Waals surface area contributed by atoms with E-state index in [9.17, 15) is 0 Å². The summed E-state index contributed by atoms with van der Waals surface area (Å²) in [4.78, 5) is 11.1. The van der Waals surface area contributed by atoms with Gasteiger partial charge in [-0.1, -0.05) is 19.8 Å². The minimum atomic E-state index is 0.557. The van der Waals surface area contributed by atoms with Crippen LogP contribution in [0, 0.1) is 0 Å². The van der Waals surface area contributed by atoms with E-state index in [0.717, 1.165) is 18.2 Å². The molecule has 1 saturated carbocycles. The first kappa shape index (κ1) is 12.1. The van der Waals surface area contributed by atoms with E-state index in [1.54, 1.807) is 0 Å². The predicted molar refractivity (Wildman–Crippen MR) is 71.2 cm³/mol. The molecule has 2 N–H and O–H groups in total. The summed E-state index contributed by atoms with van der Waals surface area (Å²) < 4.78 is 0. The van der Waals surface area contributed by atoms with Crippen LogP contribution in [0.1, 0.15) is 50.8 Å². The third kappa shape index (κ3) is 3.32. The highest BCUT2D eigenvalue weighted by Crippen LogP contribution is 2.38. The molecular weight excluding hydrogens is 212 g/mol. The summed E-state index contributed by atoms with van der Waals surface area (Å²) in [5.74, 6) is 3.05. The van der Waals surface area contributed by atoms with Crippen molar-refractivity contribution in [1.29, 1.82) is 0 Å². The molecule has 2 rings (SSSR count). The van der Waals surface area contributed by atoms with Crippen molar-refractivity contribution in [3.05, 3.63) is 11.9 Å². The molecule has 94 valence electrons. The maximum Gasteiger partial charge on any atom is 0.136 e. The van der Waals surface area contributed by atoms with E-state index in [0.29, 0.717) is 11.7 Å². The van der Waals surface area contributed by atoms with Gasteiger partial charge in [0, 0.05) is 25.6 Å². The topological polar surface area (TPSA) is 55.0 Å². The summed E-state index contributed by atoms with van der Waals surface area (Å²) in [5, 5.41) is 0. The molecule has 0 saturated heterocycles. The Labute approximate surface area is 103 Å². The van der Waals surface area contributed by atoms with E-state index in [2.05, 4.69) is 28.8 Å². The zero-order valence-electron chi connectivity index (χ0n) is 10.8. The average molecular weight is 234 g/mol. The van der Waals surface area contributed by atoms with Gasteiger partial charge in [-0.2, -0.15) is 0 Å². The first-order chi connectivity index (χ1) is 8.20. The highest BCUT2D eigenvalue weighted by molar-refractivity contribution is 5.47. The first-order valence-electron chi connectivity index (χ1n) is 6.56. The van der Waals surface area contributed by atoms with Gasteiger partial charge in [0.25, 0.3) is 0 Å². The Hall–Kier alpha value is -1.32. The number of rotatable bonds is 6. The van der Waals surface area contributed by atoms with Gasteiger partial charge in [0.05, 0.1) is 0 Å². The summed E-state index contributed by atoms with van der Waals surface area (Å²) in [5.41, 5.74) is 5.84. The second kappa shape index (κ2) is 5.34. The maximum atomic E-state index is 5.84. The lowest BCUT2D eigenvalue weighted by molar-refractivity contribution is 0.699. The van der Waals surface area contributed by atoms with Crippen molar-refractivity contribution in [3.63, 3.8) is 0 Å². The highest BCUT2D eigenvalue weighted by atomic mass is 15.2. The molecular formula is C13H22N4. The van der Waals surface area contributed by atoms with Gasteiger partial charge in [0.2, 0.25) is 0 Å². The van der Waals surface area contributed by atoms with E-state index < -0.39 is 0 Å². The third-order valence-electron chi connectivity index (χ3n) is 3.18. The van der Waals surface area contributed by atoms with Crippen molar-refractivity contribution in [3.8, 4) is 0 Å². The molecule has 1 fully saturated rings. The molecule has 0 atom stereocenters. The minimum Gasteiger partial charge on any atom is -0.384 e. The average Bonchev–Trinajstić information content (AvgIpc) is 3.12. The van der Waals surface area contributed by atoms with Gasteiger partial charge in [-0.15, -0.1) is 0 Å². The summed E-state index contributed by atoms with van der Waals surface area (Å²) >= 11 is 0. The lowest BCUT2D eigenvalue weighted by Gasteiger charge is -2.18. The summed E-state index contributed by atoms with van der Waals surface area (Å²) in [6.07, 6.45) is 6.13. The highest BCUT2D eigenvalue weighted by Gasteiger charge is 2.27. The number of nitrogens with zero attached hydrogens (tertiary/aromatic N) is 3. The molecule has 0 amide bonds. The summed E-state index contributed by atoms with van der Waals surface area (Å²) in [7, 11) is 2.08. The van der Waals surface area contributed by atoms with Crippen molar-refractivity contribution in [2.24, 2.45) is 0 Å². The van der Waals surface area contributed by atoms with Crippen LogP contribution in [0.15, 0.2) is 6.07 Å². The molecule has 0 bridgehead atoms. The van der Waals surface area contributed by atoms with Gasteiger partial charge in [-0.05, 0) is 19.3 Å². The van der Waals surface area contributed by atoms with E-state index in [1.807, 2.05) is 6.07 Å². The molecule has 1 aliphatic carbocycles. The number of aromatic nitrogens is 2. The Bertz CT molecular complexity index is 374. The van der Waals surface area contributed by atoms with Crippen molar-refractivity contribution in [2.45, 2.75) is 44.9 Å². The van der Waals surface area contributed by atoms with Crippen molar-refractivity contribution in [2.75, 3.05) is 24.2 Å². The van der Waals surface area contributed by atoms with E-state index in [4.69, 9.17) is 5.73 Å². The predicted octanol–water partition coefficient (Wildman–Crippen LogP) is 2.56. The molecule has 1 aromatic rings. The second-order valence-electron chi connectivity index (χ2n) is 4.91. The fourth-order valence-electron chi connectivity index (χ4n) is 1.90. The molecule has 1 heterocycles. The lowest BCUT2D eigenvalue weighted by Crippen LogP contribution is -2.20. The molecule has 4 heteroatoms. The minimum absolute atomic E-state index is 0.557. The number of hydrogen-bond acceptors (Lipinski definition) is 4. The van der Waals surface area contributed by atoms with Gasteiger partial charge in [0.15, 0.2) is 0 Å². The molecule has 4 nitrogen and oxygen atoms in total. The molecule has 0 unspecified atom stereocenters. The van der Waals surface area contributed by atoms with Crippen LogP contribution < -0.4 is 10.6 Å². The standard InChI is InChI=1S/C13H22N4/c1-3-4-5-8-17(2)12-9-11(14)15-13(16-12)10-6-7-10/h9-10H,3-8H2,1-2H3,(H2,14,15,16). The number of nitrogens with two attached hydrogens (primary N) is 1. The van der Waals surface area contributed by atoms with Crippen LogP contribution in [0.25, 0.3) is 0 Å².